The van der Waals surface area contributed by atoms with E-state index in [1.165, 1.54) is 17.3 Å². The van der Waals surface area contributed by atoms with Crippen molar-refractivity contribution in [2.24, 2.45) is 0 Å². The molecule has 0 spiro atoms. The summed E-state index contributed by atoms with van der Waals surface area (Å²) < 4.78 is 8.83. The molecule has 1 amide bonds. The van der Waals surface area contributed by atoms with Gasteiger partial charge in [0, 0.05) is 11.0 Å². The first kappa shape index (κ1) is 22.4. The van der Waals surface area contributed by atoms with Gasteiger partial charge in [0.15, 0.2) is 17.1 Å². The number of para-hydroxylation sites is 1. The second kappa shape index (κ2) is 10.1. The quantitative estimate of drug-likeness (QED) is 0.421. The van der Waals surface area contributed by atoms with Crippen molar-refractivity contribution >= 4 is 39.3 Å². The molecule has 6 nitrogen and oxygen atoms in total. The van der Waals surface area contributed by atoms with Crippen molar-refractivity contribution in [1.29, 1.82) is 0 Å². The number of rotatable bonds is 8. The molecule has 0 unspecified atom stereocenters. The molecule has 3 rings (SSSR count). The minimum atomic E-state index is -0.255. The van der Waals surface area contributed by atoms with Crippen LogP contribution in [-0.2, 0) is 11.3 Å². The van der Waals surface area contributed by atoms with E-state index in [9.17, 15) is 4.79 Å². The van der Waals surface area contributed by atoms with Crippen LogP contribution in [0.1, 0.15) is 36.9 Å². The van der Waals surface area contributed by atoms with Gasteiger partial charge in [-0.3, -0.25) is 4.79 Å². The fourth-order valence-electron chi connectivity index (χ4n) is 2.95. The third-order valence-electron chi connectivity index (χ3n) is 4.67. The molecule has 0 saturated heterocycles. The highest BCUT2D eigenvalue weighted by Gasteiger charge is 2.19. The molecule has 0 saturated carbocycles. The van der Waals surface area contributed by atoms with E-state index < -0.39 is 0 Å². The molecule has 0 radical (unpaired) electrons. The van der Waals surface area contributed by atoms with Crippen molar-refractivity contribution in [3.05, 3.63) is 63.9 Å². The zero-order chi connectivity index (χ0) is 21.7. The van der Waals surface area contributed by atoms with Crippen molar-refractivity contribution in [3.8, 4) is 5.75 Å². The molecule has 0 aliphatic carbocycles. The molecule has 3 aromatic rings. The number of nitrogens with zero attached hydrogens (tertiary/aromatic N) is 3. The Labute approximate surface area is 189 Å². The summed E-state index contributed by atoms with van der Waals surface area (Å²) in [6.45, 7) is 8.73. The minimum Gasteiger partial charge on any atom is -0.483 e. The number of carbonyl (C=O) groups excluding carboxylic acids is 1. The van der Waals surface area contributed by atoms with Gasteiger partial charge in [0.1, 0.15) is 5.75 Å². The van der Waals surface area contributed by atoms with Gasteiger partial charge in [-0.15, -0.1) is 10.2 Å². The summed E-state index contributed by atoms with van der Waals surface area (Å²) in [6.07, 6.45) is -0.255. The summed E-state index contributed by atoms with van der Waals surface area (Å²) in [4.78, 5) is 12.5. The van der Waals surface area contributed by atoms with Crippen molar-refractivity contribution in [2.75, 3.05) is 11.1 Å². The van der Waals surface area contributed by atoms with Crippen molar-refractivity contribution in [2.45, 2.75) is 45.5 Å². The number of hydrogen-bond donors (Lipinski definition) is 1. The average molecular weight is 489 g/mol. The van der Waals surface area contributed by atoms with E-state index in [-0.39, 0.29) is 17.8 Å². The van der Waals surface area contributed by atoms with E-state index in [2.05, 4.69) is 31.4 Å². The number of hydrogen-bond acceptors (Lipinski definition) is 5. The maximum Gasteiger partial charge on any atom is 0.234 e. The molecule has 8 heteroatoms. The second-order valence-corrected chi connectivity index (χ2v) is 8.71. The molecule has 1 N–H and O–H groups in total. The summed E-state index contributed by atoms with van der Waals surface area (Å²) in [6, 6.07) is 13.6. The van der Waals surface area contributed by atoms with Crippen LogP contribution in [0.15, 0.2) is 52.1 Å². The molecule has 0 aliphatic heterocycles. The summed E-state index contributed by atoms with van der Waals surface area (Å²) in [5.74, 6) is 1.67. The van der Waals surface area contributed by atoms with Crippen molar-refractivity contribution in [1.82, 2.24) is 14.8 Å². The summed E-state index contributed by atoms with van der Waals surface area (Å²) in [7, 11) is 0. The van der Waals surface area contributed by atoms with Crippen molar-refractivity contribution < 1.29 is 9.53 Å². The number of aromatic nitrogens is 3. The van der Waals surface area contributed by atoms with Crippen LogP contribution in [0.3, 0.4) is 0 Å². The summed E-state index contributed by atoms with van der Waals surface area (Å²) in [5, 5.41) is 12.2. The average Bonchev–Trinajstić information content (AvgIpc) is 3.14. The topological polar surface area (TPSA) is 69.0 Å². The van der Waals surface area contributed by atoms with E-state index in [1.807, 2.05) is 74.7 Å². The number of carbonyl (C=O) groups is 1. The maximum absolute atomic E-state index is 12.5. The first-order valence-corrected chi connectivity index (χ1v) is 11.5. The number of benzene rings is 2. The molecule has 0 fully saturated rings. The van der Waals surface area contributed by atoms with Crippen LogP contribution in [0.5, 0.6) is 5.75 Å². The predicted molar refractivity (Wildman–Crippen MR) is 124 cm³/mol. The number of halogens is 1. The van der Waals surface area contributed by atoms with Gasteiger partial charge in [-0.1, -0.05) is 30.0 Å². The van der Waals surface area contributed by atoms with Gasteiger partial charge >= 0.3 is 0 Å². The van der Waals surface area contributed by atoms with Crippen LogP contribution in [-0.4, -0.2) is 26.4 Å². The van der Waals surface area contributed by atoms with E-state index in [4.69, 9.17) is 4.74 Å². The van der Waals surface area contributed by atoms with Gasteiger partial charge in [0.2, 0.25) is 5.91 Å². The van der Waals surface area contributed by atoms with Crippen LogP contribution in [0, 0.1) is 13.8 Å². The minimum absolute atomic E-state index is 0.0928. The lowest BCUT2D eigenvalue weighted by Crippen LogP contribution is -2.16. The monoisotopic (exact) mass is 488 g/mol. The van der Waals surface area contributed by atoms with Gasteiger partial charge in [0.05, 0.1) is 11.4 Å². The molecule has 2 aromatic carbocycles. The number of anilines is 1. The number of amides is 1. The Balaban J connectivity index is 1.64. The number of thioether (sulfide) groups is 1. The highest BCUT2D eigenvalue weighted by Crippen LogP contribution is 2.27. The molecular formula is C22H25BrN4O2S. The summed E-state index contributed by atoms with van der Waals surface area (Å²) >= 11 is 4.88. The van der Waals surface area contributed by atoms with E-state index in [1.54, 1.807) is 0 Å². The molecule has 158 valence electrons. The lowest BCUT2D eigenvalue weighted by Gasteiger charge is -2.15. The van der Waals surface area contributed by atoms with E-state index in [0.717, 1.165) is 27.3 Å². The highest BCUT2D eigenvalue weighted by atomic mass is 79.9. The normalized spacial score (nSPS) is 11.9. The lowest BCUT2D eigenvalue weighted by molar-refractivity contribution is -0.113. The molecule has 0 aliphatic rings. The number of nitrogens with one attached hydrogen (secondary N) is 1. The summed E-state index contributed by atoms with van der Waals surface area (Å²) in [5.41, 5.74) is 3.07. The zero-order valence-electron chi connectivity index (χ0n) is 17.5. The molecule has 1 heterocycles. The lowest BCUT2D eigenvalue weighted by atomic mass is 10.1. The zero-order valence-corrected chi connectivity index (χ0v) is 19.9. The Hall–Kier alpha value is -2.32. The molecule has 0 bridgehead atoms. The number of aryl methyl sites for hydroxylation is 2. The van der Waals surface area contributed by atoms with Crippen LogP contribution in [0.25, 0.3) is 0 Å². The van der Waals surface area contributed by atoms with E-state index in [0.29, 0.717) is 11.7 Å². The van der Waals surface area contributed by atoms with Crippen LogP contribution >= 0.6 is 27.7 Å². The maximum atomic E-state index is 12.5. The van der Waals surface area contributed by atoms with Gasteiger partial charge in [-0.2, -0.15) is 0 Å². The molecule has 1 aromatic heterocycles. The first-order valence-electron chi connectivity index (χ1n) is 9.73. The molecule has 30 heavy (non-hydrogen) atoms. The van der Waals surface area contributed by atoms with Crippen LogP contribution < -0.4 is 10.1 Å². The van der Waals surface area contributed by atoms with E-state index >= 15 is 0 Å². The largest absolute Gasteiger partial charge is 0.483 e. The fourth-order valence-corrected chi connectivity index (χ4v) is 4.32. The Kier molecular flexibility index (Phi) is 7.55. The van der Waals surface area contributed by atoms with Crippen molar-refractivity contribution in [3.63, 3.8) is 0 Å². The molecule has 1 atom stereocenters. The Morgan fingerprint density at radius 3 is 2.60 bits per heavy atom. The third-order valence-corrected chi connectivity index (χ3v) is 6.29. The fraction of sp³-hybridized carbons (Fsp3) is 0.318. The Bertz CT molecular complexity index is 1020. The van der Waals surface area contributed by atoms with Crippen LogP contribution in [0.4, 0.5) is 5.69 Å². The van der Waals surface area contributed by atoms with Gasteiger partial charge in [0.25, 0.3) is 0 Å². The van der Waals surface area contributed by atoms with Gasteiger partial charge in [-0.05, 0) is 79.0 Å². The smallest absolute Gasteiger partial charge is 0.234 e. The van der Waals surface area contributed by atoms with Gasteiger partial charge in [-0.25, -0.2) is 0 Å². The second-order valence-electron chi connectivity index (χ2n) is 6.91. The predicted octanol–water partition coefficient (Wildman–Crippen LogP) is 5.55. The standard InChI is InChI=1S/C22H25BrN4O2S/c1-5-27-21(16(4)29-17-9-7-6-8-10-17)25-26-22(27)30-13-20(28)24-19-12-15(3)14(2)11-18(19)23/h6-12,16H,5,13H2,1-4H3,(H,24,28)/t16-/m1/s1. The Morgan fingerprint density at radius 2 is 1.90 bits per heavy atom. The highest BCUT2D eigenvalue weighted by molar-refractivity contribution is 9.10. The molecular weight excluding hydrogens is 464 g/mol. The first-order chi connectivity index (χ1) is 14.4. The number of ether oxygens (including phenoxy) is 1. The van der Waals surface area contributed by atoms with Crippen LogP contribution in [0.2, 0.25) is 0 Å². The Morgan fingerprint density at radius 1 is 1.20 bits per heavy atom. The van der Waals surface area contributed by atoms with Gasteiger partial charge < -0.3 is 14.6 Å². The third kappa shape index (κ3) is 5.43. The SMILES string of the molecule is CCn1c(SCC(=O)Nc2cc(C)c(C)cc2Br)nnc1[C@@H](C)Oc1ccccc1.